The van der Waals surface area contributed by atoms with Gasteiger partial charge in [0.05, 0.1) is 0 Å². The lowest BCUT2D eigenvalue weighted by molar-refractivity contribution is 0.305. The third kappa shape index (κ3) is 3.31. The molecule has 0 spiro atoms. The van der Waals surface area contributed by atoms with Gasteiger partial charge in [-0.3, -0.25) is 0 Å². The zero-order valence-corrected chi connectivity index (χ0v) is 10.0. The maximum absolute atomic E-state index is 9.06. The molecule has 2 aromatic rings. The SMILES string of the molecule is N#Cc1ncccc1COc1cccc(B(O)O)c1. The van der Waals surface area contributed by atoms with Crippen molar-refractivity contribution in [1.82, 2.24) is 4.98 Å². The van der Waals surface area contributed by atoms with Crippen molar-refractivity contribution in [2.45, 2.75) is 6.61 Å². The molecule has 6 heteroatoms. The Kier molecular flexibility index (Phi) is 4.13. The molecule has 0 fully saturated rings. The van der Waals surface area contributed by atoms with E-state index in [-0.39, 0.29) is 6.61 Å². The Morgan fingerprint density at radius 2 is 2.11 bits per heavy atom. The molecule has 0 aliphatic rings. The van der Waals surface area contributed by atoms with Crippen LogP contribution in [0.25, 0.3) is 0 Å². The number of hydrogen-bond donors (Lipinski definition) is 2. The molecule has 0 saturated carbocycles. The average molecular weight is 254 g/mol. The number of aromatic nitrogens is 1. The van der Waals surface area contributed by atoms with E-state index in [9.17, 15) is 0 Å². The van der Waals surface area contributed by atoms with Crippen molar-refractivity contribution in [3.05, 3.63) is 53.9 Å². The number of hydrogen-bond acceptors (Lipinski definition) is 5. The van der Waals surface area contributed by atoms with Crippen LogP contribution in [0.4, 0.5) is 0 Å². The van der Waals surface area contributed by atoms with E-state index < -0.39 is 7.12 Å². The lowest BCUT2D eigenvalue weighted by Gasteiger charge is -2.08. The van der Waals surface area contributed by atoms with Crippen molar-refractivity contribution in [3.8, 4) is 11.8 Å². The summed E-state index contributed by atoms with van der Waals surface area (Å²) in [5.74, 6) is 0.498. The fraction of sp³-hybridized carbons (Fsp3) is 0.0769. The number of pyridine rings is 1. The zero-order chi connectivity index (χ0) is 13.7. The Hall–Kier alpha value is -2.36. The summed E-state index contributed by atoms with van der Waals surface area (Å²) < 4.78 is 5.51. The van der Waals surface area contributed by atoms with E-state index in [1.807, 2.05) is 6.07 Å². The van der Waals surface area contributed by atoms with Crippen LogP contribution >= 0.6 is 0 Å². The lowest BCUT2D eigenvalue weighted by Crippen LogP contribution is -2.29. The summed E-state index contributed by atoms with van der Waals surface area (Å²) in [5, 5.41) is 27.0. The highest BCUT2D eigenvalue weighted by atomic mass is 16.5. The molecule has 0 bridgehead atoms. The molecule has 1 aromatic heterocycles. The summed E-state index contributed by atoms with van der Waals surface area (Å²) in [4.78, 5) is 3.93. The van der Waals surface area contributed by atoms with Crippen LogP contribution in [0.15, 0.2) is 42.6 Å². The second-order valence-electron chi connectivity index (χ2n) is 3.86. The summed E-state index contributed by atoms with van der Waals surface area (Å²) >= 11 is 0. The normalized spacial score (nSPS) is 9.74. The van der Waals surface area contributed by atoms with Gasteiger partial charge in [0.25, 0.3) is 0 Å². The number of ether oxygens (including phenoxy) is 1. The zero-order valence-electron chi connectivity index (χ0n) is 10.0. The van der Waals surface area contributed by atoms with Gasteiger partial charge in [0, 0.05) is 11.8 Å². The van der Waals surface area contributed by atoms with Crippen LogP contribution in [-0.4, -0.2) is 22.2 Å². The van der Waals surface area contributed by atoms with E-state index >= 15 is 0 Å². The second kappa shape index (κ2) is 6.00. The van der Waals surface area contributed by atoms with Gasteiger partial charge in [-0.15, -0.1) is 0 Å². The van der Waals surface area contributed by atoms with Crippen LogP contribution in [0.3, 0.4) is 0 Å². The Balaban J connectivity index is 2.11. The monoisotopic (exact) mass is 254 g/mol. The Morgan fingerprint density at radius 3 is 2.84 bits per heavy atom. The summed E-state index contributed by atoms with van der Waals surface area (Å²) in [6.07, 6.45) is 1.55. The molecule has 2 rings (SSSR count). The molecule has 0 aliphatic carbocycles. The number of nitrogens with zero attached hydrogens (tertiary/aromatic N) is 2. The van der Waals surface area contributed by atoms with Gasteiger partial charge in [0.1, 0.15) is 24.1 Å². The van der Waals surface area contributed by atoms with E-state index in [0.29, 0.717) is 22.5 Å². The number of rotatable bonds is 4. The first-order valence-corrected chi connectivity index (χ1v) is 5.63. The molecule has 0 unspecified atom stereocenters. The van der Waals surface area contributed by atoms with E-state index in [1.54, 1.807) is 36.5 Å². The van der Waals surface area contributed by atoms with Crippen LogP contribution in [0, 0.1) is 11.3 Å². The molecule has 94 valence electrons. The summed E-state index contributed by atoms with van der Waals surface area (Å²) in [6.45, 7) is 0.196. The van der Waals surface area contributed by atoms with Crippen LogP contribution in [0.5, 0.6) is 5.75 Å². The molecule has 19 heavy (non-hydrogen) atoms. The molecule has 2 N–H and O–H groups in total. The van der Waals surface area contributed by atoms with Crippen LogP contribution in [0.2, 0.25) is 0 Å². The van der Waals surface area contributed by atoms with Crippen LogP contribution < -0.4 is 10.2 Å². The predicted octanol–water partition coefficient (Wildman–Crippen LogP) is 0.212. The van der Waals surface area contributed by atoms with Crippen molar-refractivity contribution >= 4 is 12.6 Å². The smallest absolute Gasteiger partial charge is 0.488 e. The fourth-order valence-corrected chi connectivity index (χ4v) is 1.58. The third-order valence-corrected chi connectivity index (χ3v) is 2.55. The summed E-state index contributed by atoms with van der Waals surface area (Å²) in [7, 11) is -1.53. The summed E-state index contributed by atoms with van der Waals surface area (Å²) in [5.41, 5.74) is 1.35. The average Bonchev–Trinajstić information content (AvgIpc) is 2.45. The first kappa shape index (κ1) is 13.1. The van der Waals surface area contributed by atoms with E-state index in [2.05, 4.69) is 4.98 Å². The molecular weight excluding hydrogens is 243 g/mol. The first-order valence-electron chi connectivity index (χ1n) is 5.63. The van der Waals surface area contributed by atoms with E-state index in [0.717, 1.165) is 0 Å². The third-order valence-electron chi connectivity index (χ3n) is 2.55. The maximum Gasteiger partial charge on any atom is 0.488 e. The topological polar surface area (TPSA) is 86.4 Å². The molecule has 1 heterocycles. The molecule has 0 amide bonds. The highest BCUT2D eigenvalue weighted by Gasteiger charge is 2.11. The molecular formula is C13H11BN2O3. The minimum Gasteiger partial charge on any atom is -0.489 e. The minimum atomic E-state index is -1.53. The second-order valence-corrected chi connectivity index (χ2v) is 3.86. The minimum absolute atomic E-state index is 0.196. The number of benzene rings is 1. The van der Waals surface area contributed by atoms with Crippen molar-refractivity contribution in [1.29, 1.82) is 5.26 Å². The van der Waals surface area contributed by atoms with E-state index in [1.165, 1.54) is 6.07 Å². The number of nitriles is 1. The van der Waals surface area contributed by atoms with Gasteiger partial charge in [0.15, 0.2) is 0 Å². The molecule has 0 radical (unpaired) electrons. The van der Waals surface area contributed by atoms with Gasteiger partial charge in [-0.1, -0.05) is 18.2 Å². The highest BCUT2D eigenvalue weighted by molar-refractivity contribution is 6.58. The lowest BCUT2D eigenvalue weighted by atomic mass is 9.80. The van der Waals surface area contributed by atoms with Crippen molar-refractivity contribution in [2.75, 3.05) is 0 Å². The van der Waals surface area contributed by atoms with Gasteiger partial charge in [0.2, 0.25) is 0 Å². The van der Waals surface area contributed by atoms with E-state index in [4.69, 9.17) is 20.0 Å². The van der Waals surface area contributed by atoms with Gasteiger partial charge in [-0.05, 0) is 23.7 Å². The summed E-state index contributed by atoms with van der Waals surface area (Å²) in [6, 6.07) is 12.0. The maximum atomic E-state index is 9.06. The Bertz CT molecular complexity index is 611. The van der Waals surface area contributed by atoms with Crippen molar-refractivity contribution < 1.29 is 14.8 Å². The molecule has 0 atom stereocenters. The predicted molar refractivity (Wildman–Crippen MR) is 69.6 cm³/mol. The standard InChI is InChI=1S/C13H11BN2O3/c15-8-13-10(3-2-6-16-13)9-19-12-5-1-4-11(7-12)14(17)18/h1-7,17-18H,9H2. The quantitative estimate of drug-likeness (QED) is 0.762. The largest absolute Gasteiger partial charge is 0.489 e. The Morgan fingerprint density at radius 1 is 1.26 bits per heavy atom. The van der Waals surface area contributed by atoms with Gasteiger partial charge < -0.3 is 14.8 Å². The fourth-order valence-electron chi connectivity index (χ4n) is 1.58. The highest BCUT2D eigenvalue weighted by Crippen LogP contribution is 2.12. The van der Waals surface area contributed by atoms with Crippen molar-refractivity contribution in [3.63, 3.8) is 0 Å². The van der Waals surface area contributed by atoms with Gasteiger partial charge in [-0.2, -0.15) is 5.26 Å². The van der Waals surface area contributed by atoms with Gasteiger partial charge in [-0.25, -0.2) is 4.98 Å². The van der Waals surface area contributed by atoms with Crippen molar-refractivity contribution in [2.24, 2.45) is 0 Å². The van der Waals surface area contributed by atoms with Crippen LogP contribution in [-0.2, 0) is 6.61 Å². The molecule has 0 aliphatic heterocycles. The Labute approximate surface area is 110 Å². The molecule has 1 aromatic carbocycles. The molecule has 0 saturated heterocycles. The van der Waals surface area contributed by atoms with Gasteiger partial charge >= 0.3 is 7.12 Å². The van der Waals surface area contributed by atoms with Crippen LogP contribution in [0.1, 0.15) is 11.3 Å². The molecule has 5 nitrogen and oxygen atoms in total. The first-order chi connectivity index (χ1) is 9.20.